The minimum Gasteiger partial charge on any atom is -0.466 e. The van der Waals surface area contributed by atoms with Gasteiger partial charge in [-0.1, -0.05) is 6.92 Å². The van der Waals surface area contributed by atoms with Gasteiger partial charge in [0, 0.05) is 43.9 Å². The number of likely N-dealkylation sites (tertiary alicyclic amines) is 1. The Bertz CT molecular complexity index is 529. The molecule has 4 nitrogen and oxygen atoms in total. The monoisotopic (exact) mass is 318 g/mol. The van der Waals surface area contributed by atoms with E-state index in [4.69, 9.17) is 4.42 Å². The van der Waals surface area contributed by atoms with Gasteiger partial charge in [-0.05, 0) is 51.2 Å². The highest BCUT2D eigenvalue weighted by atomic mass is 16.3. The van der Waals surface area contributed by atoms with Gasteiger partial charge in [-0.2, -0.15) is 0 Å². The van der Waals surface area contributed by atoms with Crippen LogP contribution in [0.25, 0.3) is 0 Å². The predicted octanol–water partition coefficient (Wildman–Crippen LogP) is 3.32. The van der Waals surface area contributed by atoms with Crippen LogP contribution in [-0.2, 0) is 11.2 Å². The maximum Gasteiger partial charge on any atom is 0.220 e. The molecule has 1 aliphatic carbocycles. The van der Waals surface area contributed by atoms with Gasteiger partial charge in [0.15, 0.2) is 0 Å². The lowest BCUT2D eigenvalue weighted by Gasteiger charge is -2.34. The summed E-state index contributed by atoms with van der Waals surface area (Å²) in [6.45, 7) is 8.90. The number of aryl methyl sites for hydroxylation is 1. The molecule has 1 saturated heterocycles. The molecule has 1 aromatic heterocycles. The van der Waals surface area contributed by atoms with Crippen LogP contribution in [0.15, 0.2) is 16.5 Å². The molecule has 2 fully saturated rings. The smallest absolute Gasteiger partial charge is 0.220 e. The maximum absolute atomic E-state index is 12.1. The number of furan rings is 1. The van der Waals surface area contributed by atoms with Crippen LogP contribution in [0.4, 0.5) is 0 Å². The van der Waals surface area contributed by atoms with Crippen LogP contribution in [0.5, 0.6) is 0 Å². The Hall–Kier alpha value is -1.29. The quantitative estimate of drug-likeness (QED) is 0.875. The molecule has 2 aliphatic rings. The molecule has 0 bridgehead atoms. The van der Waals surface area contributed by atoms with E-state index in [0.717, 1.165) is 43.4 Å². The fraction of sp³-hybridized carbons (Fsp3) is 0.737. The molecule has 4 heteroatoms. The Morgan fingerprint density at radius 2 is 2.04 bits per heavy atom. The van der Waals surface area contributed by atoms with Crippen molar-refractivity contribution >= 4 is 5.91 Å². The number of nitrogens with zero attached hydrogens (tertiary/aromatic N) is 1. The predicted molar refractivity (Wildman–Crippen MR) is 91.4 cm³/mol. The highest BCUT2D eigenvalue weighted by Gasteiger charge is 2.36. The molecule has 1 amide bonds. The zero-order valence-electron chi connectivity index (χ0n) is 14.7. The minimum atomic E-state index is 0.158. The lowest BCUT2D eigenvalue weighted by atomic mass is 10.0. The third kappa shape index (κ3) is 4.37. The first kappa shape index (κ1) is 16.6. The van der Waals surface area contributed by atoms with E-state index in [1.165, 1.54) is 6.42 Å². The Balaban J connectivity index is 1.37. The summed E-state index contributed by atoms with van der Waals surface area (Å²) in [6, 6.07) is 5.07. The third-order valence-electron chi connectivity index (χ3n) is 5.38. The van der Waals surface area contributed by atoms with Crippen molar-refractivity contribution < 1.29 is 9.21 Å². The Morgan fingerprint density at radius 3 is 2.65 bits per heavy atom. The summed E-state index contributed by atoms with van der Waals surface area (Å²) >= 11 is 0. The molecule has 2 atom stereocenters. The second-order valence-electron chi connectivity index (χ2n) is 7.60. The summed E-state index contributed by atoms with van der Waals surface area (Å²) in [6.07, 6.45) is 4.60. The van der Waals surface area contributed by atoms with Crippen LogP contribution >= 0.6 is 0 Å². The van der Waals surface area contributed by atoms with Gasteiger partial charge in [-0.25, -0.2) is 0 Å². The van der Waals surface area contributed by atoms with Gasteiger partial charge >= 0.3 is 0 Å². The van der Waals surface area contributed by atoms with Crippen molar-refractivity contribution in [1.29, 1.82) is 0 Å². The summed E-state index contributed by atoms with van der Waals surface area (Å²) in [5.41, 5.74) is 0. The number of piperidine rings is 1. The second kappa shape index (κ2) is 7.08. The molecule has 1 saturated carbocycles. The number of rotatable bonds is 6. The molecule has 0 unspecified atom stereocenters. The van der Waals surface area contributed by atoms with E-state index in [1.54, 1.807) is 0 Å². The molecule has 0 aromatic carbocycles. The van der Waals surface area contributed by atoms with Crippen LogP contribution in [0, 0.1) is 5.92 Å². The molecular weight excluding hydrogens is 288 g/mol. The summed E-state index contributed by atoms with van der Waals surface area (Å²) in [7, 11) is 0. The lowest BCUT2D eigenvalue weighted by molar-refractivity contribution is -0.122. The Kier molecular flexibility index (Phi) is 5.10. The molecule has 1 N–H and O–H groups in total. The van der Waals surface area contributed by atoms with Crippen molar-refractivity contribution in [2.24, 2.45) is 5.92 Å². The molecule has 0 spiro atoms. The van der Waals surface area contributed by atoms with Gasteiger partial charge in [-0.15, -0.1) is 0 Å². The Labute approximate surface area is 139 Å². The van der Waals surface area contributed by atoms with Crippen molar-refractivity contribution in [3.05, 3.63) is 23.7 Å². The number of carbonyl (C=O) groups excluding carboxylic acids is 1. The van der Waals surface area contributed by atoms with E-state index in [2.05, 4.69) is 37.1 Å². The van der Waals surface area contributed by atoms with E-state index in [1.807, 2.05) is 6.07 Å². The van der Waals surface area contributed by atoms with Crippen LogP contribution in [-0.4, -0.2) is 36.0 Å². The highest BCUT2D eigenvalue weighted by Crippen LogP contribution is 2.47. The second-order valence-corrected chi connectivity index (χ2v) is 7.60. The first-order valence-electron chi connectivity index (χ1n) is 9.15. The van der Waals surface area contributed by atoms with Crippen molar-refractivity contribution in [2.45, 2.75) is 70.9 Å². The first-order valence-corrected chi connectivity index (χ1v) is 9.15. The van der Waals surface area contributed by atoms with Gasteiger partial charge in [0.25, 0.3) is 0 Å². The fourth-order valence-corrected chi connectivity index (χ4v) is 3.54. The van der Waals surface area contributed by atoms with Crippen LogP contribution < -0.4 is 5.32 Å². The lowest BCUT2D eigenvalue weighted by Crippen LogP contribution is -2.46. The largest absolute Gasteiger partial charge is 0.466 e. The molecule has 0 radical (unpaired) electrons. The maximum atomic E-state index is 12.1. The van der Waals surface area contributed by atoms with Crippen LogP contribution in [0.3, 0.4) is 0 Å². The van der Waals surface area contributed by atoms with E-state index in [-0.39, 0.29) is 5.91 Å². The van der Waals surface area contributed by atoms with Gasteiger partial charge in [0.05, 0.1) is 0 Å². The van der Waals surface area contributed by atoms with Crippen molar-refractivity contribution in [1.82, 2.24) is 10.2 Å². The topological polar surface area (TPSA) is 45.5 Å². The summed E-state index contributed by atoms with van der Waals surface area (Å²) < 4.78 is 5.87. The normalized spacial score (nSPS) is 25.7. The van der Waals surface area contributed by atoms with Crippen molar-refractivity contribution in [3.8, 4) is 0 Å². The third-order valence-corrected chi connectivity index (χ3v) is 5.38. The number of carbonyl (C=O) groups is 1. The Morgan fingerprint density at radius 1 is 1.35 bits per heavy atom. The molecule has 2 heterocycles. The van der Waals surface area contributed by atoms with Crippen LogP contribution in [0.2, 0.25) is 0 Å². The van der Waals surface area contributed by atoms with Gasteiger partial charge < -0.3 is 14.6 Å². The fourth-order valence-electron chi connectivity index (χ4n) is 3.54. The van der Waals surface area contributed by atoms with E-state index in [9.17, 15) is 4.79 Å². The number of amides is 1. The minimum absolute atomic E-state index is 0.158. The van der Waals surface area contributed by atoms with Gasteiger partial charge in [0.2, 0.25) is 5.91 Å². The van der Waals surface area contributed by atoms with E-state index >= 15 is 0 Å². The average Bonchev–Trinajstić information content (AvgIpc) is 3.08. The van der Waals surface area contributed by atoms with Crippen molar-refractivity contribution in [3.63, 3.8) is 0 Å². The number of hydrogen-bond donors (Lipinski definition) is 1. The standard InChI is InChI=1S/C19H30N2O2/c1-13(2)21-10-8-15(9-11-21)20-19(22)7-5-16-4-6-18(23-16)17-12-14(17)3/h4,6,13-15,17H,5,7-12H2,1-3H3,(H,20,22)/t14-,17+/m1/s1. The summed E-state index contributed by atoms with van der Waals surface area (Å²) in [5, 5.41) is 3.19. The molecule has 3 rings (SSSR count). The van der Waals surface area contributed by atoms with Gasteiger partial charge in [0.1, 0.15) is 11.5 Å². The zero-order chi connectivity index (χ0) is 16.4. The molecule has 128 valence electrons. The van der Waals surface area contributed by atoms with E-state index < -0.39 is 0 Å². The van der Waals surface area contributed by atoms with Gasteiger partial charge in [-0.3, -0.25) is 4.79 Å². The molecule has 23 heavy (non-hydrogen) atoms. The van der Waals surface area contributed by atoms with Crippen molar-refractivity contribution in [2.75, 3.05) is 13.1 Å². The average molecular weight is 318 g/mol. The number of hydrogen-bond acceptors (Lipinski definition) is 3. The SMILES string of the molecule is CC(C)N1CCC(NC(=O)CCc2ccc([C@H]3C[C@H]3C)o2)CC1. The first-order chi connectivity index (χ1) is 11.0. The summed E-state index contributed by atoms with van der Waals surface area (Å²) in [5.74, 6) is 3.58. The molecule has 1 aliphatic heterocycles. The molecular formula is C19H30N2O2. The molecule has 1 aromatic rings. The summed E-state index contributed by atoms with van der Waals surface area (Å²) in [4.78, 5) is 14.6. The van der Waals surface area contributed by atoms with E-state index in [0.29, 0.717) is 30.8 Å². The number of nitrogens with one attached hydrogen (secondary N) is 1. The zero-order valence-corrected chi connectivity index (χ0v) is 14.7. The highest BCUT2D eigenvalue weighted by molar-refractivity contribution is 5.76. The van der Waals surface area contributed by atoms with Crippen LogP contribution in [0.1, 0.15) is 63.9 Å².